The molecule has 0 aliphatic heterocycles. The summed E-state index contributed by atoms with van der Waals surface area (Å²) in [4.78, 5) is 4.23. The Balaban J connectivity index is 0.000000845. The SMILES string of the molecule is Cc1ccn2c(CN)cnc2c1.Cl. The van der Waals surface area contributed by atoms with Crippen molar-refractivity contribution in [3.05, 3.63) is 35.8 Å². The van der Waals surface area contributed by atoms with Gasteiger partial charge in [0.1, 0.15) is 5.65 Å². The number of hydrogen-bond acceptors (Lipinski definition) is 2. The smallest absolute Gasteiger partial charge is 0.137 e. The van der Waals surface area contributed by atoms with Crippen LogP contribution in [0.25, 0.3) is 5.65 Å². The molecule has 3 nitrogen and oxygen atoms in total. The highest BCUT2D eigenvalue weighted by Crippen LogP contribution is 2.07. The number of pyridine rings is 1. The molecule has 13 heavy (non-hydrogen) atoms. The maximum atomic E-state index is 5.54. The van der Waals surface area contributed by atoms with Gasteiger partial charge in [0, 0.05) is 12.7 Å². The normalized spacial score (nSPS) is 10.0. The number of fused-ring (bicyclic) bond motifs is 1. The van der Waals surface area contributed by atoms with Gasteiger partial charge in [-0.15, -0.1) is 12.4 Å². The molecule has 0 aliphatic rings. The second kappa shape index (κ2) is 3.77. The molecule has 0 unspecified atom stereocenters. The number of nitrogens with two attached hydrogens (primary N) is 1. The second-order valence-electron chi connectivity index (χ2n) is 2.89. The second-order valence-corrected chi connectivity index (χ2v) is 2.89. The predicted molar refractivity (Wildman–Crippen MR) is 55.1 cm³/mol. The lowest BCUT2D eigenvalue weighted by atomic mass is 10.3. The van der Waals surface area contributed by atoms with Gasteiger partial charge in [-0.3, -0.25) is 0 Å². The first kappa shape index (κ1) is 10.0. The summed E-state index contributed by atoms with van der Waals surface area (Å²) in [6, 6.07) is 4.09. The standard InChI is InChI=1S/C9H11N3.ClH/c1-7-2-3-12-8(5-10)6-11-9(12)4-7;/h2-4,6H,5,10H2,1H3;1H. The first-order valence-electron chi connectivity index (χ1n) is 3.94. The molecule has 0 saturated heterocycles. The fraction of sp³-hybridized carbons (Fsp3) is 0.222. The zero-order valence-electron chi connectivity index (χ0n) is 7.40. The molecule has 0 spiro atoms. The highest BCUT2D eigenvalue weighted by atomic mass is 35.5. The maximum absolute atomic E-state index is 5.54. The van der Waals surface area contributed by atoms with E-state index in [2.05, 4.69) is 11.9 Å². The summed E-state index contributed by atoms with van der Waals surface area (Å²) >= 11 is 0. The van der Waals surface area contributed by atoms with Crippen molar-refractivity contribution in [3.8, 4) is 0 Å². The van der Waals surface area contributed by atoms with E-state index in [1.54, 1.807) is 0 Å². The molecule has 0 radical (unpaired) electrons. The summed E-state index contributed by atoms with van der Waals surface area (Å²) in [6.45, 7) is 2.58. The Hall–Kier alpha value is -1.06. The third-order valence-electron chi connectivity index (χ3n) is 1.95. The van der Waals surface area contributed by atoms with Crippen molar-refractivity contribution in [3.63, 3.8) is 0 Å². The van der Waals surface area contributed by atoms with E-state index >= 15 is 0 Å². The van der Waals surface area contributed by atoms with Crippen LogP contribution >= 0.6 is 12.4 Å². The van der Waals surface area contributed by atoms with E-state index < -0.39 is 0 Å². The molecule has 0 atom stereocenters. The van der Waals surface area contributed by atoms with Gasteiger partial charge in [-0.2, -0.15) is 0 Å². The molecule has 4 heteroatoms. The number of halogens is 1. The van der Waals surface area contributed by atoms with Gasteiger partial charge in [-0.25, -0.2) is 4.98 Å². The topological polar surface area (TPSA) is 43.3 Å². The number of aromatic nitrogens is 2. The van der Waals surface area contributed by atoms with Gasteiger partial charge in [-0.05, 0) is 24.6 Å². The van der Waals surface area contributed by atoms with Crippen LogP contribution in [-0.2, 0) is 6.54 Å². The maximum Gasteiger partial charge on any atom is 0.137 e. The first-order chi connectivity index (χ1) is 5.81. The molecule has 0 aromatic carbocycles. The van der Waals surface area contributed by atoms with E-state index in [0.29, 0.717) is 6.54 Å². The lowest BCUT2D eigenvalue weighted by Gasteiger charge is -1.98. The fourth-order valence-electron chi connectivity index (χ4n) is 1.29. The fourth-order valence-corrected chi connectivity index (χ4v) is 1.29. The van der Waals surface area contributed by atoms with E-state index in [4.69, 9.17) is 5.73 Å². The molecule has 2 aromatic rings. The average Bonchev–Trinajstić information content (AvgIpc) is 2.46. The number of hydrogen-bond donors (Lipinski definition) is 1. The number of aryl methyl sites for hydroxylation is 1. The minimum atomic E-state index is 0. The molecule has 0 aliphatic carbocycles. The predicted octanol–water partition coefficient (Wildman–Crippen LogP) is 1.52. The van der Waals surface area contributed by atoms with Gasteiger partial charge < -0.3 is 10.1 Å². The zero-order valence-corrected chi connectivity index (χ0v) is 8.21. The molecule has 70 valence electrons. The van der Waals surface area contributed by atoms with Gasteiger partial charge >= 0.3 is 0 Å². The summed E-state index contributed by atoms with van der Waals surface area (Å²) in [5, 5.41) is 0. The van der Waals surface area contributed by atoms with Crippen LogP contribution in [0.15, 0.2) is 24.5 Å². The molecule has 0 fully saturated rings. The molecule has 0 bridgehead atoms. The van der Waals surface area contributed by atoms with Crippen molar-refractivity contribution >= 4 is 18.1 Å². The van der Waals surface area contributed by atoms with Crippen molar-refractivity contribution in [2.75, 3.05) is 0 Å². The first-order valence-corrected chi connectivity index (χ1v) is 3.94. The van der Waals surface area contributed by atoms with Crippen LogP contribution < -0.4 is 5.73 Å². The van der Waals surface area contributed by atoms with Crippen LogP contribution in [0.3, 0.4) is 0 Å². The summed E-state index contributed by atoms with van der Waals surface area (Å²) in [5.41, 5.74) is 8.77. The third-order valence-corrected chi connectivity index (χ3v) is 1.95. The van der Waals surface area contributed by atoms with Gasteiger partial charge in [0.05, 0.1) is 11.9 Å². The molecular weight excluding hydrogens is 186 g/mol. The summed E-state index contributed by atoms with van der Waals surface area (Å²) in [5.74, 6) is 0. The molecule has 0 amide bonds. The molecule has 2 heterocycles. The van der Waals surface area contributed by atoms with E-state index in [9.17, 15) is 0 Å². The third kappa shape index (κ3) is 1.66. The summed E-state index contributed by atoms with van der Waals surface area (Å²) in [7, 11) is 0. The Morgan fingerprint density at radius 2 is 2.31 bits per heavy atom. The van der Waals surface area contributed by atoms with Crippen molar-refractivity contribution in [1.29, 1.82) is 0 Å². The van der Waals surface area contributed by atoms with Gasteiger partial charge in [0.15, 0.2) is 0 Å². The van der Waals surface area contributed by atoms with E-state index in [1.165, 1.54) is 5.56 Å². The number of imidazole rings is 1. The zero-order chi connectivity index (χ0) is 8.55. The monoisotopic (exact) mass is 197 g/mol. The van der Waals surface area contributed by atoms with Gasteiger partial charge in [-0.1, -0.05) is 0 Å². The van der Waals surface area contributed by atoms with E-state index in [-0.39, 0.29) is 12.4 Å². The Morgan fingerprint density at radius 3 is 3.00 bits per heavy atom. The van der Waals surface area contributed by atoms with Crippen molar-refractivity contribution in [1.82, 2.24) is 9.38 Å². The molecule has 2 N–H and O–H groups in total. The average molecular weight is 198 g/mol. The number of nitrogens with zero attached hydrogens (tertiary/aromatic N) is 2. The Kier molecular flexibility index (Phi) is 2.90. The molecule has 2 aromatic heterocycles. The summed E-state index contributed by atoms with van der Waals surface area (Å²) < 4.78 is 2.01. The number of rotatable bonds is 1. The van der Waals surface area contributed by atoms with Crippen LogP contribution in [0.2, 0.25) is 0 Å². The lowest BCUT2D eigenvalue weighted by Crippen LogP contribution is -2.00. The van der Waals surface area contributed by atoms with Crippen LogP contribution in [-0.4, -0.2) is 9.38 Å². The Labute approximate surface area is 83.0 Å². The van der Waals surface area contributed by atoms with Gasteiger partial charge in [0.25, 0.3) is 0 Å². The Morgan fingerprint density at radius 1 is 1.54 bits per heavy atom. The van der Waals surface area contributed by atoms with Crippen LogP contribution in [0, 0.1) is 6.92 Å². The minimum absolute atomic E-state index is 0. The van der Waals surface area contributed by atoms with Crippen LogP contribution in [0.4, 0.5) is 0 Å². The van der Waals surface area contributed by atoms with E-state index in [1.807, 2.05) is 28.9 Å². The largest absolute Gasteiger partial charge is 0.325 e. The highest BCUT2D eigenvalue weighted by Gasteiger charge is 1.99. The van der Waals surface area contributed by atoms with Crippen molar-refractivity contribution < 1.29 is 0 Å². The van der Waals surface area contributed by atoms with Crippen molar-refractivity contribution in [2.24, 2.45) is 5.73 Å². The quantitative estimate of drug-likeness (QED) is 0.754. The lowest BCUT2D eigenvalue weighted by molar-refractivity contribution is 0.958. The molecule has 0 saturated carbocycles. The Bertz CT molecular complexity index is 408. The van der Waals surface area contributed by atoms with E-state index in [0.717, 1.165) is 11.3 Å². The van der Waals surface area contributed by atoms with Crippen LogP contribution in [0.1, 0.15) is 11.3 Å². The molecule has 2 rings (SSSR count). The minimum Gasteiger partial charge on any atom is -0.325 e. The van der Waals surface area contributed by atoms with Gasteiger partial charge in [0.2, 0.25) is 0 Å². The molecular formula is C9H12ClN3. The highest BCUT2D eigenvalue weighted by molar-refractivity contribution is 5.85. The summed E-state index contributed by atoms with van der Waals surface area (Å²) in [6.07, 6.45) is 3.81. The van der Waals surface area contributed by atoms with Crippen LogP contribution in [0.5, 0.6) is 0 Å². The van der Waals surface area contributed by atoms with Crippen molar-refractivity contribution in [2.45, 2.75) is 13.5 Å².